The van der Waals surface area contributed by atoms with Crippen molar-refractivity contribution in [3.63, 3.8) is 0 Å². The number of hydrogen-bond acceptors (Lipinski definition) is 2. The summed E-state index contributed by atoms with van der Waals surface area (Å²) in [5.41, 5.74) is 1.08. The molecule has 1 aromatic rings. The maximum absolute atomic E-state index is 6.15. The number of likely N-dealkylation sites (tertiary alicyclic amines) is 1. The van der Waals surface area contributed by atoms with E-state index in [1.54, 1.807) is 0 Å². The molecule has 2 nitrogen and oxygen atoms in total. The van der Waals surface area contributed by atoms with Crippen LogP contribution in [0.1, 0.15) is 38.7 Å². The van der Waals surface area contributed by atoms with Crippen LogP contribution >= 0.6 is 23.2 Å². The molecule has 0 N–H and O–H groups in total. The van der Waals surface area contributed by atoms with Crippen LogP contribution in [0.25, 0.3) is 0 Å². The standard InChI is InChI=1S/C15H22Cl2N2/c1-11(2)12-4-3-8-19(9-7-12)10-13-5-6-14(16)18-15(13)17/h5-6,11-12H,3-4,7-10H2,1-2H3. The summed E-state index contributed by atoms with van der Waals surface area (Å²) in [6, 6.07) is 3.81. The minimum absolute atomic E-state index is 0.462. The topological polar surface area (TPSA) is 16.1 Å². The molecule has 1 saturated heterocycles. The first kappa shape index (κ1) is 15.1. The molecule has 0 aliphatic carbocycles. The average Bonchev–Trinajstić information content (AvgIpc) is 2.58. The van der Waals surface area contributed by atoms with Crippen molar-refractivity contribution in [1.29, 1.82) is 0 Å². The van der Waals surface area contributed by atoms with E-state index in [2.05, 4.69) is 23.7 Å². The molecule has 1 aliphatic heterocycles. The van der Waals surface area contributed by atoms with Crippen LogP contribution in [0.4, 0.5) is 0 Å². The monoisotopic (exact) mass is 300 g/mol. The highest BCUT2D eigenvalue weighted by Crippen LogP contribution is 2.26. The van der Waals surface area contributed by atoms with Crippen molar-refractivity contribution in [3.05, 3.63) is 28.0 Å². The van der Waals surface area contributed by atoms with Gasteiger partial charge in [0.25, 0.3) is 0 Å². The van der Waals surface area contributed by atoms with E-state index in [9.17, 15) is 0 Å². The maximum Gasteiger partial charge on any atom is 0.135 e. The minimum atomic E-state index is 0.462. The second-order valence-electron chi connectivity index (χ2n) is 5.80. The predicted octanol–water partition coefficient (Wildman–Crippen LogP) is 4.65. The minimum Gasteiger partial charge on any atom is -0.299 e. The molecule has 1 aliphatic rings. The van der Waals surface area contributed by atoms with E-state index in [4.69, 9.17) is 23.2 Å². The molecule has 4 heteroatoms. The fraction of sp³-hybridized carbons (Fsp3) is 0.667. The molecular formula is C15H22Cl2N2. The van der Waals surface area contributed by atoms with Gasteiger partial charge in [-0.25, -0.2) is 4.98 Å². The van der Waals surface area contributed by atoms with Crippen molar-refractivity contribution < 1.29 is 0 Å². The molecule has 1 unspecified atom stereocenters. The molecule has 106 valence electrons. The van der Waals surface area contributed by atoms with Gasteiger partial charge in [0.1, 0.15) is 10.3 Å². The summed E-state index contributed by atoms with van der Waals surface area (Å²) in [7, 11) is 0. The number of nitrogens with zero attached hydrogens (tertiary/aromatic N) is 2. The molecule has 2 heterocycles. The summed E-state index contributed by atoms with van der Waals surface area (Å²) in [6.45, 7) is 7.86. The van der Waals surface area contributed by atoms with Gasteiger partial charge in [0.2, 0.25) is 0 Å². The van der Waals surface area contributed by atoms with Crippen LogP contribution in [-0.4, -0.2) is 23.0 Å². The molecule has 1 aromatic heterocycles. The van der Waals surface area contributed by atoms with Crippen LogP contribution in [0.15, 0.2) is 12.1 Å². The largest absolute Gasteiger partial charge is 0.299 e. The zero-order valence-corrected chi connectivity index (χ0v) is 13.2. The van der Waals surface area contributed by atoms with Crippen LogP contribution < -0.4 is 0 Å². The van der Waals surface area contributed by atoms with Crippen molar-refractivity contribution >= 4 is 23.2 Å². The van der Waals surface area contributed by atoms with Crippen molar-refractivity contribution in [2.24, 2.45) is 11.8 Å². The highest BCUT2D eigenvalue weighted by Gasteiger charge is 2.20. The Labute approximate surface area is 126 Å². The molecule has 0 amide bonds. The van der Waals surface area contributed by atoms with Crippen LogP contribution in [-0.2, 0) is 6.54 Å². The van der Waals surface area contributed by atoms with Gasteiger partial charge in [0.05, 0.1) is 0 Å². The fourth-order valence-electron chi connectivity index (χ4n) is 2.81. The summed E-state index contributed by atoms with van der Waals surface area (Å²) >= 11 is 12.0. The van der Waals surface area contributed by atoms with Crippen LogP contribution in [0.5, 0.6) is 0 Å². The number of rotatable bonds is 3. The lowest BCUT2D eigenvalue weighted by Crippen LogP contribution is -2.24. The third-order valence-corrected chi connectivity index (χ3v) is 4.63. The fourth-order valence-corrected chi connectivity index (χ4v) is 3.21. The molecule has 0 bridgehead atoms. The first-order valence-electron chi connectivity index (χ1n) is 7.09. The smallest absolute Gasteiger partial charge is 0.135 e. The third kappa shape index (κ3) is 4.34. The van der Waals surface area contributed by atoms with Gasteiger partial charge in [0, 0.05) is 12.1 Å². The Balaban J connectivity index is 1.96. The second kappa shape index (κ2) is 6.92. The van der Waals surface area contributed by atoms with Gasteiger partial charge in [-0.05, 0) is 50.3 Å². The van der Waals surface area contributed by atoms with Crippen molar-refractivity contribution in [1.82, 2.24) is 9.88 Å². The van der Waals surface area contributed by atoms with Gasteiger partial charge in [-0.15, -0.1) is 0 Å². The Morgan fingerprint density at radius 3 is 2.74 bits per heavy atom. The maximum atomic E-state index is 6.15. The van der Waals surface area contributed by atoms with Crippen molar-refractivity contribution in [2.75, 3.05) is 13.1 Å². The highest BCUT2D eigenvalue weighted by molar-refractivity contribution is 6.32. The molecule has 0 spiro atoms. The number of pyridine rings is 1. The summed E-state index contributed by atoms with van der Waals surface area (Å²) in [4.78, 5) is 6.60. The first-order valence-corrected chi connectivity index (χ1v) is 7.85. The Morgan fingerprint density at radius 2 is 2.05 bits per heavy atom. The molecule has 0 radical (unpaired) electrons. The van der Waals surface area contributed by atoms with Crippen LogP contribution in [0, 0.1) is 11.8 Å². The summed E-state index contributed by atoms with van der Waals surface area (Å²) in [6.07, 6.45) is 3.92. The normalized spacial score (nSPS) is 21.6. The van der Waals surface area contributed by atoms with Crippen molar-refractivity contribution in [2.45, 2.75) is 39.7 Å². The Morgan fingerprint density at radius 1 is 1.26 bits per heavy atom. The van der Waals surface area contributed by atoms with Gasteiger partial charge in [-0.3, -0.25) is 4.90 Å². The summed E-state index contributed by atoms with van der Waals surface area (Å²) in [5, 5.41) is 1.00. The quantitative estimate of drug-likeness (QED) is 0.756. The Bertz CT molecular complexity index is 421. The van der Waals surface area contributed by atoms with Crippen molar-refractivity contribution in [3.8, 4) is 0 Å². The van der Waals surface area contributed by atoms with Gasteiger partial charge in [-0.1, -0.05) is 43.1 Å². The van der Waals surface area contributed by atoms with Gasteiger partial charge in [0.15, 0.2) is 0 Å². The molecule has 0 aromatic carbocycles. The molecule has 1 fully saturated rings. The van der Waals surface area contributed by atoms with E-state index >= 15 is 0 Å². The third-order valence-electron chi connectivity index (χ3n) is 4.09. The number of halogens is 2. The van der Waals surface area contributed by atoms with E-state index in [1.807, 2.05) is 12.1 Å². The van der Waals surface area contributed by atoms with Gasteiger partial charge < -0.3 is 0 Å². The summed E-state index contributed by atoms with van der Waals surface area (Å²) in [5.74, 6) is 1.66. The van der Waals surface area contributed by atoms with E-state index in [0.29, 0.717) is 10.3 Å². The lowest BCUT2D eigenvalue weighted by atomic mass is 9.89. The predicted molar refractivity (Wildman–Crippen MR) is 81.7 cm³/mol. The number of hydrogen-bond donors (Lipinski definition) is 0. The van der Waals surface area contributed by atoms with E-state index in [1.165, 1.54) is 19.3 Å². The van der Waals surface area contributed by atoms with Crippen LogP contribution in [0.2, 0.25) is 10.3 Å². The van der Waals surface area contributed by atoms with E-state index in [0.717, 1.165) is 37.0 Å². The SMILES string of the molecule is CC(C)C1CCCN(Cc2ccc(Cl)nc2Cl)CC1. The molecule has 2 rings (SSSR count). The van der Waals surface area contributed by atoms with E-state index in [-0.39, 0.29) is 0 Å². The van der Waals surface area contributed by atoms with Gasteiger partial charge >= 0.3 is 0 Å². The highest BCUT2D eigenvalue weighted by atomic mass is 35.5. The average molecular weight is 301 g/mol. The van der Waals surface area contributed by atoms with E-state index < -0.39 is 0 Å². The Hall–Kier alpha value is -0.310. The number of aromatic nitrogens is 1. The molecule has 0 saturated carbocycles. The lowest BCUT2D eigenvalue weighted by molar-refractivity contribution is 0.264. The molecule has 1 atom stereocenters. The first-order chi connectivity index (χ1) is 9.06. The molecular weight excluding hydrogens is 279 g/mol. The van der Waals surface area contributed by atoms with Gasteiger partial charge in [-0.2, -0.15) is 0 Å². The second-order valence-corrected chi connectivity index (χ2v) is 6.54. The zero-order valence-electron chi connectivity index (χ0n) is 11.7. The zero-order chi connectivity index (χ0) is 13.8. The summed E-state index contributed by atoms with van der Waals surface area (Å²) < 4.78 is 0. The lowest BCUT2D eigenvalue weighted by Gasteiger charge is -2.21. The Kier molecular flexibility index (Phi) is 5.49. The molecule has 19 heavy (non-hydrogen) atoms. The van der Waals surface area contributed by atoms with Crippen LogP contribution in [0.3, 0.4) is 0 Å².